The van der Waals surface area contributed by atoms with Crippen LogP contribution in [0.1, 0.15) is 31.9 Å². The van der Waals surface area contributed by atoms with E-state index in [4.69, 9.17) is 0 Å². The van der Waals surface area contributed by atoms with Gasteiger partial charge < -0.3 is 5.11 Å². The topological polar surface area (TPSA) is 50.9 Å². The predicted molar refractivity (Wildman–Crippen MR) is 83.7 cm³/mol. The number of fused-ring (bicyclic) bond motifs is 1. The van der Waals surface area contributed by atoms with Crippen LogP contribution in [-0.4, -0.2) is 20.1 Å². The zero-order valence-corrected chi connectivity index (χ0v) is 12.5. The summed E-state index contributed by atoms with van der Waals surface area (Å²) in [7, 11) is 0. The molecule has 0 aliphatic heterocycles. The van der Waals surface area contributed by atoms with E-state index in [2.05, 4.69) is 37.9 Å². The molecule has 1 N–H and O–H groups in total. The first-order chi connectivity index (χ1) is 9.86. The first-order valence-corrected chi connectivity index (χ1v) is 6.88. The van der Waals surface area contributed by atoms with Crippen molar-refractivity contribution in [2.75, 3.05) is 0 Å². The van der Waals surface area contributed by atoms with Crippen molar-refractivity contribution in [3.05, 3.63) is 54.4 Å². The summed E-state index contributed by atoms with van der Waals surface area (Å²) in [6.45, 7) is 10.3. The molecular weight excluding hydrogens is 262 g/mol. The van der Waals surface area contributed by atoms with Gasteiger partial charge in [0.2, 0.25) is 0 Å². The molecule has 0 bridgehead atoms. The lowest BCUT2D eigenvalue weighted by Gasteiger charge is -2.21. The van der Waals surface area contributed by atoms with Gasteiger partial charge in [-0.05, 0) is 41.7 Å². The molecule has 0 amide bonds. The van der Waals surface area contributed by atoms with Gasteiger partial charge in [0.05, 0.1) is 0 Å². The minimum absolute atomic E-state index is 0.0402. The van der Waals surface area contributed by atoms with Crippen LogP contribution in [0.2, 0.25) is 0 Å². The fourth-order valence-corrected chi connectivity index (χ4v) is 2.23. The summed E-state index contributed by atoms with van der Waals surface area (Å²) in [6, 6.07) is 11.5. The average molecular weight is 280 g/mol. The maximum atomic E-state index is 10.3. The molecule has 1 radical (unpaired) electrons. The van der Waals surface area contributed by atoms with Crippen molar-refractivity contribution >= 4 is 11.0 Å². The second kappa shape index (κ2) is 4.58. The van der Waals surface area contributed by atoms with E-state index in [-0.39, 0.29) is 11.2 Å². The monoisotopic (exact) mass is 280 g/mol. The fraction of sp³-hybridized carbons (Fsp3) is 0.235. The van der Waals surface area contributed by atoms with Gasteiger partial charge in [-0.2, -0.15) is 0 Å². The van der Waals surface area contributed by atoms with Gasteiger partial charge in [0, 0.05) is 0 Å². The summed E-state index contributed by atoms with van der Waals surface area (Å²) in [5.41, 5.74) is 3.78. The smallest absolute Gasteiger partial charge is 0.146 e. The highest BCUT2D eigenvalue weighted by Crippen LogP contribution is 2.32. The third-order valence-electron chi connectivity index (χ3n) is 3.54. The number of nitrogens with zero attached hydrogens (tertiary/aromatic N) is 3. The van der Waals surface area contributed by atoms with E-state index >= 15 is 0 Å². The molecule has 3 rings (SSSR count). The number of phenols is 1. The van der Waals surface area contributed by atoms with Crippen molar-refractivity contribution in [3.63, 3.8) is 0 Å². The molecule has 0 saturated heterocycles. The summed E-state index contributed by atoms with van der Waals surface area (Å²) in [6.07, 6.45) is 0. The minimum Gasteiger partial charge on any atom is -0.505 e. The molecule has 4 nitrogen and oxygen atoms in total. The van der Waals surface area contributed by atoms with E-state index in [0.29, 0.717) is 11.3 Å². The Morgan fingerprint density at radius 2 is 1.62 bits per heavy atom. The Morgan fingerprint density at radius 3 is 2.14 bits per heavy atom. The Kier molecular flexibility index (Phi) is 2.97. The van der Waals surface area contributed by atoms with Crippen LogP contribution < -0.4 is 0 Å². The van der Waals surface area contributed by atoms with Crippen LogP contribution >= 0.6 is 0 Å². The van der Waals surface area contributed by atoms with Crippen LogP contribution in [0, 0.1) is 6.92 Å². The van der Waals surface area contributed by atoms with Gasteiger partial charge in [0.15, 0.2) is 0 Å². The van der Waals surface area contributed by atoms with Gasteiger partial charge in [0.25, 0.3) is 0 Å². The lowest BCUT2D eigenvalue weighted by molar-refractivity contribution is 0.464. The van der Waals surface area contributed by atoms with E-state index < -0.39 is 0 Å². The summed E-state index contributed by atoms with van der Waals surface area (Å²) in [4.78, 5) is 1.48. The molecule has 2 aromatic carbocycles. The molecule has 0 aliphatic carbocycles. The molecule has 0 saturated carbocycles. The Labute approximate surface area is 124 Å². The lowest BCUT2D eigenvalue weighted by atomic mass is 9.85. The SMILES string of the molecule is [CH2]c1cc(C(C)(C)C)cc(-n2nc3ccccc3n2)c1O. The van der Waals surface area contributed by atoms with Crippen molar-refractivity contribution in [3.8, 4) is 11.4 Å². The third kappa shape index (κ3) is 2.37. The standard InChI is InChI=1S/C17H18N3O/c1-11-9-12(17(2,3)4)10-15(16(11)21)20-18-13-7-5-6-8-14(13)19-20/h5-10,21H,1H2,2-4H3. The number of aromatic hydroxyl groups is 1. The van der Waals surface area contributed by atoms with Gasteiger partial charge in [-0.15, -0.1) is 15.0 Å². The van der Waals surface area contributed by atoms with Gasteiger partial charge in [0.1, 0.15) is 22.5 Å². The minimum atomic E-state index is -0.0402. The second-order valence-electron chi connectivity index (χ2n) is 6.23. The summed E-state index contributed by atoms with van der Waals surface area (Å²) < 4.78 is 0. The maximum Gasteiger partial charge on any atom is 0.146 e. The third-order valence-corrected chi connectivity index (χ3v) is 3.54. The van der Waals surface area contributed by atoms with E-state index in [0.717, 1.165) is 16.6 Å². The Balaban J connectivity index is 2.23. The number of hydrogen-bond acceptors (Lipinski definition) is 3. The number of phenolic OH excluding ortho intramolecular Hbond substituents is 1. The van der Waals surface area contributed by atoms with Gasteiger partial charge in [-0.1, -0.05) is 39.0 Å². The second-order valence-corrected chi connectivity index (χ2v) is 6.23. The highest BCUT2D eigenvalue weighted by Gasteiger charge is 2.19. The number of benzene rings is 2. The highest BCUT2D eigenvalue weighted by atomic mass is 16.3. The van der Waals surface area contributed by atoms with E-state index in [1.165, 1.54) is 4.80 Å². The molecule has 0 aliphatic rings. The molecule has 4 heteroatoms. The number of aromatic nitrogens is 3. The number of rotatable bonds is 1. The van der Waals surface area contributed by atoms with Crippen LogP contribution in [0.4, 0.5) is 0 Å². The average Bonchev–Trinajstić information content (AvgIpc) is 2.84. The van der Waals surface area contributed by atoms with Gasteiger partial charge >= 0.3 is 0 Å². The predicted octanol–water partition coefficient (Wildman–Crippen LogP) is 3.61. The first kappa shape index (κ1) is 13.6. The fourth-order valence-electron chi connectivity index (χ4n) is 2.23. The van der Waals surface area contributed by atoms with Crippen LogP contribution in [0.5, 0.6) is 5.75 Å². The Hall–Kier alpha value is -2.36. The summed E-state index contributed by atoms with van der Waals surface area (Å²) in [5.74, 6) is 0.114. The van der Waals surface area contributed by atoms with E-state index in [1.807, 2.05) is 36.4 Å². The largest absolute Gasteiger partial charge is 0.505 e. The van der Waals surface area contributed by atoms with Crippen molar-refractivity contribution in [2.45, 2.75) is 26.2 Å². The summed E-state index contributed by atoms with van der Waals surface area (Å²) in [5, 5.41) is 19.2. The van der Waals surface area contributed by atoms with E-state index in [9.17, 15) is 5.11 Å². The first-order valence-electron chi connectivity index (χ1n) is 6.88. The molecule has 1 heterocycles. The molecule has 0 unspecified atom stereocenters. The van der Waals surface area contributed by atoms with Crippen molar-refractivity contribution in [1.29, 1.82) is 0 Å². The molecular formula is C17H18N3O. The lowest BCUT2D eigenvalue weighted by Crippen LogP contribution is -2.13. The highest BCUT2D eigenvalue weighted by molar-refractivity contribution is 5.73. The van der Waals surface area contributed by atoms with Crippen LogP contribution in [0.3, 0.4) is 0 Å². The molecule has 0 spiro atoms. The molecule has 21 heavy (non-hydrogen) atoms. The number of hydrogen-bond donors (Lipinski definition) is 1. The van der Waals surface area contributed by atoms with Crippen molar-refractivity contribution in [1.82, 2.24) is 15.0 Å². The normalized spacial score (nSPS) is 12.0. The summed E-state index contributed by atoms with van der Waals surface area (Å²) >= 11 is 0. The molecule has 1 aromatic heterocycles. The van der Waals surface area contributed by atoms with Gasteiger partial charge in [-0.3, -0.25) is 0 Å². The van der Waals surface area contributed by atoms with Crippen LogP contribution in [0.25, 0.3) is 16.7 Å². The van der Waals surface area contributed by atoms with Gasteiger partial charge in [-0.25, -0.2) is 0 Å². The maximum absolute atomic E-state index is 10.3. The van der Waals surface area contributed by atoms with E-state index in [1.54, 1.807) is 0 Å². The Bertz CT molecular complexity index is 780. The van der Waals surface area contributed by atoms with Crippen molar-refractivity contribution in [2.24, 2.45) is 0 Å². The van der Waals surface area contributed by atoms with Crippen molar-refractivity contribution < 1.29 is 5.11 Å². The quantitative estimate of drug-likeness (QED) is 0.741. The molecule has 3 aromatic rings. The van der Waals surface area contributed by atoms with Crippen LogP contribution in [-0.2, 0) is 5.41 Å². The zero-order chi connectivity index (χ0) is 15.2. The zero-order valence-electron chi connectivity index (χ0n) is 12.5. The Morgan fingerprint density at radius 1 is 1.05 bits per heavy atom. The molecule has 0 atom stereocenters. The molecule has 0 fully saturated rings. The molecule has 107 valence electrons. The van der Waals surface area contributed by atoms with Crippen LogP contribution in [0.15, 0.2) is 36.4 Å².